The maximum atomic E-state index is 9.60. The zero-order chi connectivity index (χ0) is 44.0. The molecule has 0 unspecified atom stereocenters. The Bertz CT molecular complexity index is 3600. The van der Waals surface area contributed by atoms with Gasteiger partial charge < -0.3 is 4.42 Å². The monoisotopic (exact) mass is 611 g/mol. The minimum atomic E-state index is -0.752. The number of fused-ring (bicyclic) bond motifs is 8. The van der Waals surface area contributed by atoms with Crippen LogP contribution in [0.15, 0.2) is 174 Å². The van der Waals surface area contributed by atoms with Crippen LogP contribution in [0.3, 0.4) is 0 Å². The van der Waals surface area contributed by atoms with Crippen LogP contribution in [0.1, 0.15) is 20.6 Å². The van der Waals surface area contributed by atoms with E-state index in [4.69, 9.17) is 14.0 Å². The number of benzene rings is 9. The summed E-state index contributed by atoms with van der Waals surface area (Å²) < 4.78 is 144. The Kier molecular flexibility index (Phi) is 3.33. The maximum absolute atomic E-state index is 9.60. The van der Waals surface area contributed by atoms with Crippen molar-refractivity contribution in [3.8, 4) is 33.4 Å². The van der Waals surface area contributed by atoms with E-state index in [0.29, 0.717) is 21.9 Å². The van der Waals surface area contributed by atoms with Crippen molar-refractivity contribution in [2.75, 3.05) is 0 Å². The Hall–Kier alpha value is -6.18. The first-order valence-electron chi connectivity index (χ1n) is 22.5. The highest BCUT2D eigenvalue weighted by Gasteiger charge is 2.18. The van der Waals surface area contributed by atoms with Crippen LogP contribution in [0.2, 0.25) is 0 Å². The van der Waals surface area contributed by atoms with E-state index < -0.39 is 95.7 Å². The van der Waals surface area contributed by atoms with Gasteiger partial charge in [0.25, 0.3) is 0 Å². The van der Waals surface area contributed by atoms with Crippen LogP contribution in [0.5, 0.6) is 0 Å². The highest BCUT2D eigenvalue weighted by Crippen LogP contribution is 2.45. The Morgan fingerprint density at radius 2 is 0.936 bits per heavy atom. The largest absolute Gasteiger partial charge is 0.455 e. The second-order valence-corrected chi connectivity index (χ2v) is 11.3. The molecular weight excluding hydrogens is 569 g/mol. The average Bonchev–Trinajstić information content (AvgIpc) is 3.67. The van der Waals surface area contributed by atoms with E-state index in [2.05, 4.69) is 0 Å². The van der Waals surface area contributed by atoms with E-state index in [1.165, 1.54) is 0 Å². The molecule has 47 heavy (non-hydrogen) atoms. The van der Waals surface area contributed by atoms with Crippen LogP contribution in [-0.4, -0.2) is 0 Å². The fourth-order valence-electron chi connectivity index (χ4n) is 6.59. The summed E-state index contributed by atoms with van der Waals surface area (Å²) in [5, 5.41) is 2.74. The Morgan fingerprint density at radius 3 is 1.66 bits per heavy atom. The van der Waals surface area contributed by atoms with Crippen molar-refractivity contribution in [1.82, 2.24) is 0 Å². The van der Waals surface area contributed by atoms with E-state index in [-0.39, 0.29) is 55.2 Å². The molecule has 1 heterocycles. The quantitative estimate of drug-likeness (QED) is 0.181. The first kappa shape index (κ1) is 15.4. The van der Waals surface area contributed by atoms with Crippen molar-refractivity contribution in [2.24, 2.45) is 0 Å². The summed E-state index contributed by atoms with van der Waals surface area (Å²) in [4.78, 5) is 0. The summed E-state index contributed by atoms with van der Waals surface area (Å²) >= 11 is 0. The van der Waals surface area contributed by atoms with Crippen LogP contribution in [0, 0.1) is 0 Å². The standard InChI is InChI=1S/C46H28O/c1-2-12-33-28-34(25-20-29(33)10-1)44-39-16-7-5-14-37(39)43(38-15-6-8-17-40(38)44)32-23-21-31(22-24-32)36-18-9-19-41-42-27-26-30-11-3-4-13-35(30)46(42)47-45(36)41/h1-28H/i5D,6D,7D,8D,9D,14D,15D,16D,17D,18D,19D,21D,22D,23D,24D. The molecule has 0 spiro atoms. The summed E-state index contributed by atoms with van der Waals surface area (Å²) in [5.74, 6) is 0. The summed E-state index contributed by atoms with van der Waals surface area (Å²) in [7, 11) is 0. The smallest absolute Gasteiger partial charge is 0.143 e. The molecular formula is C46H28O. The third-order valence-corrected chi connectivity index (χ3v) is 8.72. The molecule has 10 aromatic rings. The molecule has 0 N–H and O–H groups in total. The minimum Gasteiger partial charge on any atom is -0.455 e. The van der Waals surface area contributed by atoms with Gasteiger partial charge in [0.05, 0.1) is 20.6 Å². The second-order valence-electron chi connectivity index (χ2n) is 11.3. The van der Waals surface area contributed by atoms with Crippen molar-refractivity contribution in [3.05, 3.63) is 169 Å². The van der Waals surface area contributed by atoms with Gasteiger partial charge in [-0.05, 0) is 77.7 Å². The van der Waals surface area contributed by atoms with Gasteiger partial charge in [-0.1, -0.05) is 157 Å². The molecule has 0 fully saturated rings. The molecule has 0 aliphatic rings. The van der Waals surface area contributed by atoms with Crippen LogP contribution >= 0.6 is 0 Å². The first-order valence-corrected chi connectivity index (χ1v) is 15.0. The predicted octanol–water partition coefficient (Wildman–Crippen LogP) is 13.2. The SMILES string of the molecule is [2H]c1c([2H])c(-c2c3c([2H])c([2H])c([2H])c([2H])c3c(-c3ccc4ccccc4c3)c3c([2H])c([2H])c([2H])c([2H])c23)c([2H])c([2H])c1-c1c([2H])c([2H])c([2H])c2c1oc1c3ccccc3ccc12. The lowest BCUT2D eigenvalue weighted by Crippen LogP contribution is -1.91. The van der Waals surface area contributed by atoms with Gasteiger partial charge in [0.2, 0.25) is 0 Å². The first-order chi connectivity index (χ1) is 29.6. The normalized spacial score (nSPS) is 16.3. The van der Waals surface area contributed by atoms with Crippen LogP contribution in [-0.2, 0) is 0 Å². The van der Waals surface area contributed by atoms with E-state index in [9.17, 15) is 11.0 Å². The third-order valence-electron chi connectivity index (χ3n) is 8.72. The summed E-state index contributed by atoms with van der Waals surface area (Å²) in [6.07, 6.45) is 0. The molecule has 0 saturated carbocycles. The number of hydrogen-bond acceptors (Lipinski definition) is 1. The fraction of sp³-hybridized carbons (Fsp3) is 0. The van der Waals surface area contributed by atoms with Gasteiger partial charge in [0, 0.05) is 21.7 Å². The highest BCUT2D eigenvalue weighted by molar-refractivity contribution is 6.22. The van der Waals surface area contributed by atoms with Crippen molar-refractivity contribution in [3.63, 3.8) is 0 Å². The molecule has 218 valence electrons. The molecule has 10 rings (SSSR count). The molecule has 0 aliphatic heterocycles. The lowest BCUT2D eigenvalue weighted by atomic mass is 9.85. The number of furan rings is 1. The third kappa shape index (κ3) is 3.97. The Labute approximate surface area is 293 Å². The number of rotatable bonds is 3. The fourth-order valence-corrected chi connectivity index (χ4v) is 6.59. The zero-order valence-corrected chi connectivity index (χ0v) is 24.4. The Balaban J connectivity index is 1.39. The van der Waals surface area contributed by atoms with Crippen molar-refractivity contribution >= 4 is 65.0 Å². The molecule has 1 heteroatoms. The number of para-hydroxylation sites is 1. The average molecular weight is 612 g/mol. The summed E-state index contributed by atoms with van der Waals surface area (Å²) in [6, 6.07) is 14.0. The molecule has 0 radical (unpaired) electrons. The van der Waals surface area contributed by atoms with Crippen LogP contribution < -0.4 is 0 Å². The molecule has 1 nitrogen and oxygen atoms in total. The van der Waals surface area contributed by atoms with E-state index in [1.54, 1.807) is 36.4 Å². The van der Waals surface area contributed by atoms with Gasteiger partial charge in [-0.3, -0.25) is 0 Å². The van der Waals surface area contributed by atoms with Gasteiger partial charge in [0.15, 0.2) is 0 Å². The van der Waals surface area contributed by atoms with E-state index in [0.717, 1.165) is 16.2 Å². The summed E-state index contributed by atoms with van der Waals surface area (Å²) in [6.45, 7) is 0. The topological polar surface area (TPSA) is 13.1 Å². The van der Waals surface area contributed by atoms with Crippen LogP contribution in [0.4, 0.5) is 0 Å². The molecule has 0 saturated heterocycles. The van der Waals surface area contributed by atoms with Gasteiger partial charge in [-0.2, -0.15) is 0 Å². The highest BCUT2D eigenvalue weighted by atomic mass is 16.3. The molecule has 1 aromatic heterocycles. The maximum Gasteiger partial charge on any atom is 0.143 e. The second kappa shape index (κ2) is 10.2. The lowest BCUT2D eigenvalue weighted by molar-refractivity contribution is 0.674. The molecule has 9 aromatic carbocycles. The summed E-state index contributed by atoms with van der Waals surface area (Å²) in [5.41, 5.74) is -0.919. The molecule has 0 bridgehead atoms. The van der Waals surface area contributed by atoms with Gasteiger partial charge in [-0.25, -0.2) is 0 Å². The number of hydrogen-bond donors (Lipinski definition) is 0. The molecule has 0 atom stereocenters. The van der Waals surface area contributed by atoms with Gasteiger partial charge in [0.1, 0.15) is 11.2 Å². The van der Waals surface area contributed by atoms with Crippen molar-refractivity contribution < 1.29 is 25.0 Å². The lowest BCUT2D eigenvalue weighted by Gasteiger charge is -2.18. The Morgan fingerprint density at radius 1 is 0.362 bits per heavy atom. The molecule has 0 aliphatic carbocycles. The molecule has 0 amide bonds. The predicted molar refractivity (Wildman–Crippen MR) is 200 cm³/mol. The minimum absolute atomic E-state index is 0.0625. The van der Waals surface area contributed by atoms with Crippen molar-refractivity contribution in [2.45, 2.75) is 0 Å². The van der Waals surface area contributed by atoms with Crippen LogP contribution in [0.25, 0.3) is 98.4 Å². The van der Waals surface area contributed by atoms with E-state index >= 15 is 0 Å². The van der Waals surface area contributed by atoms with Gasteiger partial charge in [-0.15, -0.1) is 0 Å². The van der Waals surface area contributed by atoms with E-state index in [1.807, 2.05) is 42.5 Å². The van der Waals surface area contributed by atoms with Gasteiger partial charge >= 0.3 is 0 Å². The van der Waals surface area contributed by atoms with Crippen molar-refractivity contribution in [1.29, 1.82) is 0 Å². The zero-order valence-electron chi connectivity index (χ0n) is 39.4.